The first-order valence-electron chi connectivity index (χ1n) is 5.26. The lowest BCUT2D eigenvalue weighted by molar-refractivity contribution is 0.719. The minimum absolute atomic E-state index is 0.137. The van der Waals surface area contributed by atoms with Crippen LogP contribution in [0.3, 0.4) is 0 Å². The Bertz CT molecular complexity index is 461. The Hall–Kier alpha value is -1.43. The minimum atomic E-state index is 0.137. The summed E-state index contributed by atoms with van der Waals surface area (Å²) in [5, 5.41) is 13.4. The Morgan fingerprint density at radius 1 is 1.50 bits per heavy atom. The van der Waals surface area contributed by atoms with Crippen molar-refractivity contribution in [3.05, 3.63) is 23.2 Å². The van der Waals surface area contributed by atoms with E-state index in [0.717, 1.165) is 22.4 Å². The van der Waals surface area contributed by atoms with Gasteiger partial charge in [-0.3, -0.25) is 0 Å². The van der Waals surface area contributed by atoms with Gasteiger partial charge in [-0.1, -0.05) is 18.3 Å². The van der Waals surface area contributed by atoms with Gasteiger partial charge in [0.05, 0.1) is 6.04 Å². The third-order valence-electron chi connectivity index (χ3n) is 2.36. The highest BCUT2D eigenvalue weighted by Gasteiger charge is 2.12. The number of nitrogens with one attached hydrogen (secondary N) is 1. The number of rotatable bonds is 4. The summed E-state index contributed by atoms with van der Waals surface area (Å²) in [6.45, 7) is 4.14. The fraction of sp³-hybridized carbons (Fsp3) is 0.500. The maximum Gasteiger partial charge on any atom is 0.206 e. The molecule has 1 N–H and O–H groups in total. The lowest BCUT2D eigenvalue weighted by Gasteiger charge is -2.11. The summed E-state index contributed by atoms with van der Waals surface area (Å²) in [6, 6.07) is 0.137. The monoisotopic (exact) mass is 237 g/mol. The van der Waals surface area contributed by atoms with Gasteiger partial charge in [0.1, 0.15) is 10.8 Å². The smallest absolute Gasteiger partial charge is 0.206 e. The molecular formula is C10H15N5S. The predicted octanol–water partition coefficient (Wildman–Crippen LogP) is 2.01. The van der Waals surface area contributed by atoms with Gasteiger partial charge < -0.3 is 9.88 Å². The molecule has 0 amide bonds. The Kier molecular flexibility index (Phi) is 3.19. The van der Waals surface area contributed by atoms with Gasteiger partial charge in [0.15, 0.2) is 0 Å². The number of hydrogen-bond donors (Lipinski definition) is 1. The van der Waals surface area contributed by atoms with Crippen molar-refractivity contribution in [1.82, 2.24) is 19.7 Å². The molecule has 0 aromatic carbocycles. The van der Waals surface area contributed by atoms with E-state index in [1.54, 1.807) is 17.5 Å². The summed E-state index contributed by atoms with van der Waals surface area (Å²) in [4.78, 5) is 4.30. The zero-order valence-corrected chi connectivity index (χ0v) is 10.5. The van der Waals surface area contributed by atoms with Crippen LogP contribution >= 0.6 is 11.3 Å². The van der Waals surface area contributed by atoms with E-state index in [4.69, 9.17) is 0 Å². The van der Waals surface area contributed by atoms with Crippen LogP contribution in [0.5, 0.6) is 0 Å². The molecule has 5 nitrogen and oxygen atoms in total. The summed E-state index contributed by atoms with van der Waals surface area (Å²) in [5.74, 6) is 0.994. The zero-order chi connectivity index (χ0) is 11.5. The van der Waals surface area contributed by atoms with Crippen LogP contribution in [0.2, 0.25) is 0 Å². The second-order valence-electron chi connectivity index (χ2n) is 3.62. The van der Waals surface area contributed by atoms with E-state index in [9.17, 15) is 0 Å². The van der Waals surface area contributed by atoms with Crippen LogP contribution in [0.4, 0.5) is 5.13 Å². The van der Waals surface area contributed by atoms with Gasteiger partial charge in [-0.15, -0.1) is 10.2 Å². The first-order chi connectivity index (χ1) is 7.70. The van der Waals surface area contributed by atoms with Gasteiger partial charge >= 0.3 is 0 Å². The van der Waals surface area contributed by atoms with Crippen molar-refractivity contribution < 1.29 is 0 Å². The normalized spacial score (nSPS) is 12.7. The molecule has 86 valence electrons. The highest BCUT2D eigenvalue weighted by atomic mass is 32.1. The quantitative estimate of drug-likeness (QED) is 0.883. The van der Waals surface area contributed by atoms with Gasteiger partial charge in [-0.2, -0.15) is 0 Å². The standard InChI is InChI=1S/C10H15N5S/c1-4-8-13-14-10(16-8)12-7(2)9-11-5-6-15(9)3/h5-7H,4H2,1-3H3,(H,12,14). The molecule has 16 heavy (non-hydrogen) atoms. The average molecular weight is 237 g/mol. The van der Waals surface area contributed by atoms with E-state index >= 15 is 0 Å². The minimum Gasteiger partial charge on any atom is -0.350 e. The second kappa shape index (κ2) is 4.61. The molecule has 0 radical (unpaired) electrons. The third kappa shape index (κ3) is 2.21. The molecule has 1 atom stereocenters. The molecule has 1 unspecified atom stereocenters. The van der Waals surface area contributed by atoms with Crippen molar-refractivity contribution in [3.8, 4) is 0 Å². The molecule has 2 aromatic rings. The fourth-order valence-electron chi connectivity index (χ4n) is 1.50. The van der Waals surface area contributed by atoms with Crippen LogP contribution in [-0.2, 0) is 13.5 Å². The summed E-state index contributed by atoms with van der Waals surface area (Å²) < 4.78 is 2.00. The van der Waals surface area contributed by atoms with Crippen LogP contribution in [-0.4, -0.2) is 19.7 Å². The summed E-state index contributed by atoms with van der Waals surface area (Å²) in [7, 11) is 1.98. The van der Waals surface area contributed by atoms with Crippen molar-refractivity contribution in [3.63, 3.8) is 0 Å². The SMILES string of the molecule is CCc1nnc(NC(C)c2nccn2C)s1. The van der Waals surface area contributed by atoms with Gasteiger partial charge in [0, 0.05) is 19.4 Å². The van der Waals surface area contributed by atoms with Crippen LogP contribution in [0.25, 0.3) is 0 Å². The van der Waals surface area contributed by atoms with Crippen molar-refractivity contribution >= 4 is 16.5 Å². The largest absolute Gasteiger partial charge is 0.350 e. The van der Waals surface area contributed by atoms with E-state index < -0.39 is 0 Å². The molecule has 2 rings (SSSR count). The molecule has 0 fully saturated rings. The van der Waals surface area contributed by atoms with Gasteiger partial charge in [-0.25, -0.2) is 4.98 Å². The predicted molar refractivity (Wildman–Crippen MR) is 64.5 cm³/mol. The summed E-state index contributed by atoms with van der Waals surface area (Å²) in [6.07, 6.45) is 4.66. The Labute approximate surface area is 98.5 Å². The molecule has 6 heteroatoms. The molecule has 0 saturated heterocycles. The first-order valence-corrected chi connectivity index (χ1v) is 6.08. The molecule has 0 spiro atoms. The highest BCUT2D eigenvalue weighted by Crippen LogP contribution is 2.21. The number of imidazole rings is 1. The molecule has 0 saturated carbocycles. The number of aryl methyl sites for hydroxylation is 2. The number of aromatic nitrogens is 4. The van der Waals surface area contributed by atoms with E-state index in [0.29, 0.717) is 0 Å². The summed E-state index contributed by atoms with van der Waals surface area (Å²) in [5.41, 5.74) is 0. The maximum atomic E-state index is 4.30. The first kappa shape index (κ1) is 11.1. The van der Waals surface area contributed by atoms with Crippen LogP contribution in [0, 0.1) is 0 Å². The van der Waals surface area contributed by atoms with Crippen molar-refractivity contribution in [2.75, 3.05) is 5.32 Å². The van der Waals surface area contributed by atoms with Crippen LogP contribution in [0.1, 0.15) is 30.7 Å². The van der Waals surface area contributed by atoms with E-state index in [1.807, 2.05) is 17.8 Å². The highest BCUT2D eigenvalue weighted by molar-refractivity contribution is 7.15. The molecular weight excluding hydrogens is 222 g/mol. The van der Waals surface area contributed by atoms with Gasteiger partial charge in [-0.05, 0) is 13.3 Å². The van der Waals surface area contributed by atoms with Gasteiger partial charge in [0.25, 0.3) is 0 Å². The number of anilines is 1. The maximum absolute atomic E-state index is 4.30. The molecule has 0 aliphatic rings. The average Bonchev–Trinajstić information content (AvgIpc) is 2.86. The van der Waals surface area contributed by atoms with Crippen LogP contribution < -0.4 is 5.32 Å². The molecule has 0 aliphatic carbocycles. The molecule has 2 heterocycles. The number of nitrogens with zero attached hydrogens (tertiary/aromatic N) is 4. The van der Waals surface area contributed by atoms with Crippen LogP contribution in [0.15, 0.2) is 12.4 Å². The third-order valence-corrected chi connectivity index (χ3v) is 3.35. The second-order valence-corrected chi connectivity index (χ2v) is 4.68. The van der Waals surface area contributed by atoms with E-state index in [1.165, 1.54) is 0 Å². The number of hydrogen-bond acceptors (Lipinski definition) is 5. The Morgan fingerprint density at radius 2 is 2.31 bits per heavy atom. The summed E-state index contributed by atoms with van der Waals surface area (Å²) >= 11 is 1.59. The lowest BCUT2D eigenvalue weighted by atomic mass is 10.3. The van der Waals surface area contributed by atoms with Crippen molar-refractivity contribution in [2.24, 2.45) is 7.05 Å². The van der Waals surface area contributed by atoms with Crippen molar-refractivity contribution in [1.29, 1.82) is 0 Å². The van der Waals surface area contributed by atoms with Gasteiger partial charge in [0.2, 0.25) is 5.13 Å². The molecule has 0 aliphatic heterocycles. The topological polar surface area (TPSA) is 55.6 Å². The Balaban J connectivity index is 2.07. The van der Waals surface area contributed by atoms with E-state index in [2.05, 4.69) is 34.3 Å². The molecule has 2 aromatic heterocycles. The Morgan fingerprint density at radius 3 is 2.88 bits per heavy atom. The zero-order valence-electron chi connectivity index (χ0n) is 9.64. The fourth-order valence-corrected chi connectivity index (χ4v) is 2.27. The van der Waals surface area contributed by atoms with E-state index in [-0.39, 0.29) is 6.04 Å². The molecule has 0 bridgehead atoms. The lowest BCUT2D eigenvalue weighted by Crippen LogP contribution is -2.11. The van der Waals surface area contributed by atoms with Crippen molar-refractivity contribution in [2.45, 2.75) is 26.3 Å².